The van der Waals surface area contributed by atoms with Gasteiger partial charge in [0.05, 0.1) is 0 Å². The molecular weight excluding hydrogens is 258 g/mol. The number of rotatable bonds is 1. The minimum absolute atomic E-state index is 0.729. The summed E-state index contributed by atoms with van der Waals surface area (Å²) in [4.78, 5) is 6.90. The lowest BCUT2D eigenvalue weighted by atomic mass is 9.78. The van der Waals surface area contributed by atoms with Gasteiger partial charge in [0, 0.05) is 47.1 Å². The molecule has 1 aliphatic carbocycles. The summed E-state index contributed by atoms with van der Waals surface area (Å²) in [5, 5.41) is 2.35. The molecule has 3 nitrogen and oxygen atoms in total. The molecule has 3 heteroatoms. The fourth-order valence-corrected chi connectivity index (χ4v) is 4.37. The first-order chi connectivity index (χ1) is 10.3. The molecule has 0 spiro atoms. The molecule has 0 unspecified atom stereocenters. The van der Waals surface area contributed by atoms with Gasteiger partial charge in [-0.15, -0.1) is 0 Å². The van der Waals surface area contributed by atoms with Crippen molar-refractivity contribution in [3.8, 4) is 0 Å². The molecule has 2 heterocycles. The second-order valence-electron chi connectivity index (χ2n) is 6.54. The maximum atomic E-state index is 6.13. The number of hydrogen-bond donors (Lipinski definition) is 1. The minimum Gasteiger partial charge on any atom is -0.398 e. The SMILES string of the molecule is Nc1ccc(N2CCC[C@H]3CCCC[C@H]32)c2ccncc12. The Bertz CT molecular complexity index is 650. The standard InChI is InChI=1S/C18H23N3/c19-16-7-8-18(14-9-10-20-12-15(14)16)21-11-3-5-13-4-1-2-6-17(13)21/h7-10,12-13,17H,1-6,11,19H2/t13-,17-/m1/s1. The lowest BCUT2D eigenvalue weighted by molar-refractivity contribution is 0.244. The van der Waals surface area contributed by atoms with Crippen molar-refractivity contribution < 1.29 is 0 Å². The number of piperidine rings is 1. The van der Waals surface area contributed by atoms with E-state index in [4.69, 9.17) is 5.73 Å². The number of nitrogen functional groups attached to an aromatic ring is 1. The van der Waals surface area contributed by atoms with Gasteiger partial charge in [-0.05, 0) is 49.8 Å². The normalized spacial score (nSPS) is 25.8. The van der Waals surface area contributed by atoms with E-state index < -0.39 is 0 Å². The van der Waals surface area contributed by atoms with Crippen LogP contribution >= 0.6 is 0 Å². The van der Waals surface area contributed by atoms with Gasteiger partial charge in [-0.3, -0.25) is 4.98 Å². The highest BCUT2D eigenvalue weighted by Gasteiger charge is 2.33. The van der Waals surface area contributed by atoms with Crippen LogP contribution in [-0.4, -0.2) is 17.6 Å². The summed E-state index contributed by atoms with van der Waals surface area (Å²) in [5.74, 6) is 0.891. The molecule has 0 radical (unpaired) electrons. The summed E-state index contributed by atoms with van der Waals surface area (Å²) in [6, 6.07) is 7.11. The summed E-state index contributed by atoms with van der Waals surface area (Å²) in [5.41, 5.74) is 8.32. The van der Waals surface area contributed by atoms with Crippen LogP contribution in [0.4, 0.5) is 11.4 Å². The van der Waals surface area contributed by atoms with Crippen LogP contribution in [0, 0.1) is 5.92 Å². The van der Waals surface area contributed by atoms with E-state index >= 15 is 0 Å². The van der Waals surface area contributed by atoms with Crippen LogP contribution in [0.2, 0.25) is 0 Å². The number of benzene rings is 1. The van der Waals surface area contributed by atoms with Crippen LogP contribution in [0.3, 0.4) is 0 Å². The molecular formula is C18H23N3. The molecule has 1 aromatic heterocycles. The maximum Gasteiger partial charge on any atom is 0.0451 e. The summed E-state index contributed by atoms with van der Waals surface area (Å²) in [6.07, 6.45) is 12.1. The first kappa shape index (κ1) is 12.9. The predicted octanol–water partition coefficient (Wildman–Crippen LogP) is 3.98. The van der Waals surface area contributed by atoms with E-state index in [1.165, 1.54) is 56.1 Å². The van der Waals surface area contributed by atoms with Crippen LogP contribution in [0.25, 0.3) is 10.8 Å². The Morgan fingerprint density at radius 2 is 1.86 bits per heavy atom. The van der Waals surface area contributed by atoms with Crippen LogP contribution in [0.15, 0.2) is 30.6 Å². The van der Waals surface area contributed by atoms with Crippen molar-refractivity contribution in [2.75, 3.05) is 17.2 Å². The number of fused-ring (bicyclic) bond motifs is 2. The zero-order valence-electron chi connectivity index (χ0n) is 12.5. The van der Waals surface area contributed by atoms with E-state index in [0.29, 0.717) is 0 Å². The maximum absolute atomic E-state index is 6.13. The third-order valence-corrected chi connectivity index (χ3v) is 5.38. The Morgan fingerprint density at radius 3 is 2.81 bits per heavy atom. The molecule has 4 rings (SSSR count). The Labute approximate surface area is 126 Å². The Morgan fingerprint density at radius 1 is 1.00 bits per heavy atom. The molecule has 2 atom stereocenters. The van der Waals surface area contributed by atoms with Gasteiger partial charge in [0.2, 0.25) is 0 Å². The molecule has 1 aliphatic heterocycles. The first-order valence-corrected chi connectivity index (χ1v) is 8.23. The highest BCUT2D eigenvalue weighted by Crippen LogP contribution is 2.40. The average molecular weight is 281 g/mol. The van der Waals surface area contributed by atoms with Crippen LogP contribution < -0.4 is 10.6 Å². The second kappa shape index (κ2) is 5.21. The number of hydrogen-bond acceptors (Lipinski definition) is 3. The van der Waals surface area contributed by atoms with Crippen molar-refractivity contribution in [3.05, 3.63) is 30.6 Å². The summed E-state index contributed by atoms with van der Waals surface area (Å²) in [6.45, 7) is 1.18. The van der Waals surface area contributed by atoms with E-state index in [2.05, 4.69) is 22.0 Å². The van der Waals surface area contributed by atoms with Gasteiger partial charge in [0.1, 0.15) is 0 Å². The zero-order chi connectivity index (χ0) is 14.2. The molecule has 1 saturated carbocycles. The predicted molar refractivity (Wildman–Crippen MR) is 88.5 cm³/mol. The number of nitrogens with two attached hydrogens (primary N) is 1. The Balaban J connectivity index is 1.80. The molecule has 1 saturated heterocycles. The van der Waals surface area contributed by atoms with Gasteiger partial charge >= 0.3 is 0 Å². The molecule has 2 aliphatic rings. The smallest absolute Gasteiger partial charge is 0.0451 e. The van der Waals surface area contributed by atoms with Gasteiger partial charge in [-0.1, -0.05) is 12.8 Å². The van der Waals surface area contributed by atoms with Gasteiger partial charge in [0.15, 0.2) is 0 Å². The Kier molecular flexibility index (Phi) is 3.21. The number of nitrogens with zero attached hydrogens (tertiary/aromatic N) is 2. The fourth-order valence-electron chi connectivity index (χ4n) is 4.37. The summed E-state index contributed by atoms with van der Waals surface area (Å²) < 4.78 is 0. The fraction of sp³-hybridized carbons (Fsp3) is 0.500. The van der Waals surface area contributed by atoms with Crippen molar-refractivity contribution in [3.63, 3.8) is 0 Å². The van der Waals surface area contributed by atoms with Gasteiger partial charge < -0.3 is 10.6 Å². The molecule has 0 bridgehead atoms. The molecule has 2 aromatic rings. The van der Waals surface area contributed by atoms with Gasteiger partial charge in [-0.25, -0.2) is 0 Å². The number of aromatic nitrogens is 1. The largest absolute Gasteiger partial charge is 0.398 e. The quantitative estimate of drug-likeness (QED) is 0.804. The molecule has 110 valence electrons. The first-order valence-electron chi connectivity index (χ1n) is 8.23. The number of pyridine rings is 1. The zero-order valence-corrected chi connectivity index (χ0v) is 12.5. The van der Waals surface area contributed by atoms with Crippen molar-refractivity contribution >= 4 is 22.1 Å². The lowest BCUT2D eigenvalue weighted by Crippen LogP contribution is -2.47. The second-order valence-corrected chi connectivity index (χ2v) is 6.54. The van der Waals surface area contributed by atoms with E-state index in [1.807, 2.05) is 18.5 Å². The molecule has 1 aromatic carbocycles. The van der Waals surface area contributed by atoms with Crippen molar-refractivity contribution in [2.24, 2.45) is 5.92 Å². The van der Waals surface area contributed by atoms with Crippen LogP contribution in [0.5, 0.6) is 0 Å². The lowest BCUT2D eigenvalue weighted by Gasteiger charge is -2.45. The highest BCUT2D eigenvalue weighted by atomic mass is 15.2. The number of anilines is 2. The average Bonchev–Trinajstić information content (AvgIpc) is 2.55. The third kappa shape index (κ3) is 2.15. The van der Waals surface area contributed by atoms with Crippen molar-refractivity contribution in [1.29, 1.82) is 0 Å². The summed E-state index contributed by atoms with van der Waals surface area (Å²) >= 11 is 0. The van der Waals surface area contributed by atoms with Gasteiger partial charge in [0.25, 0.3) is 0 Å². The summed E-state index contributed by atoms with van der Waals surface area (Å²) in [7, 11) is 0. The van der Waals surface area contributed by atoms with E-state index in [0.717, 1.165) is 23.0 Å². The van der Waals surface area contributed by atoms with Crippen LogP contribution in [-0.2, 0) is 0 Å². The topological polar surface area (TPSA) is 42.1 Å². The molecule has 0 amide bonds. The van der Waals surface area contributed by atoms with Crippen LogP contribution in [0.1, 0.15) is 38.5 Å². The molecule has 2 fully saturated rings. The van der Waals surface area contributed by atoms with Crippen molar-refractivity contribution in [1.82, 2.24) is 4.98 Å². The third-order valence-electron chi connectivity index (χ3n) is 5.38. The van der Waals surface area contributed by atoms with Crippen molar-refractivity contribution in [2.45, 2.75) is 44.6 Å². The Hall–Kier alpha value is -1.77. The van der Waals surface area contributed by atoms with E-state index in [1.54, 1.807) is 0 Å². The van der Waals surface area contributed by atoms with E-state index in [-0.39, 0.29) is 0 Å². The highest BCUT2D eigenvalue weighted by molar-refractivity contribution is 6.00. The monoisotopic (exact) mass is 281 g/mol. The molecule has 21 heavy (non-hydrogen) atoms. The minimum atomic E-state index is 0.729. The molecule has 2 N–H and O–H groups in total. The van der Waals surface area contributed by atoms with E-state index in [9.17, 15) is 0 Å². The van der Waals surface area contributed by atoms with Gasteiger partial charge in [-0.2, -0.15) is 0 Å².